The molecule has 2 aromatic rings. The van der Waals surface area contributed by atoms with Crippen LogP contribution in [0.1, 0.15) is 18.5 Å². The van der Waals surface area contributed by atoms with E-state index in [9.17, 15) is 4.79 Å². The van der Waals surface area contributed by atoms with E-state index in [0.29, 0.717) is 17.4 Å². The van der Waals surface area contributed by atoms with Crippen molar-refractivity contribution in [1.29, 1.82) is 0 Å². The first-order valence-corrected chi connectivity index (χ1v) is 8.99. The molecule has 2 N–H and O–H groups in total. The third-order valence-electron chi connectivity index (χ3n) is 3.94. The molecule has 23 heavy (non-hydrogen) atoms. The van der Waals surface area contributed by atoms with Crippen LogP contribution in [-0.4, -0.2) is 40.7 Å². The van der Waals surface area contributed by atoms with E-state index in [1.54, 1.807) is 18.0 Å². The number of carbonyl (C=O) groups excluding carboxylic acids is 1. The molecule has 5 nitrogen and oxygen atoms in total. The van der Waals surface area contributed by atoms with Crippen LogP contribution >= 0.6 is 11.8 Å². The van der Waals surface area contributed by atoms with Crippen molar-refractivity contribution in [3.63, 3.8) is 0 Å². The van der Waals surface area contributed by atoms with Gasteiger partial charge in [0.2, 0.25) is 11.8 Å². The maximum Gasteiger partial charge on any atom is 0.232 e. The van der Waals surface area contributed by atoms with Gasteiger partial charge in [-0.25, -0.2) is 4.98 Å². The molecule has 0 unspecified atom stereocenters. The van der Waals surface area contributed by atoms with Crippen LogP contribution in [0.2, 0.25) is 0 Å². The molecule has 0 spiro atoms. The highest BCUT2D eigenvalue weighted by molar-refractivity contribution is 7.99. The topological polar surface area (TPSA) is 72.4 Å². The van der Waals surface area contributed by atoms with Crippen LogP contribution in [0.5, 0.6) is 0 Å². The lowest BCUT2D eigenvalue weighted by molar-refractivity contribution is -0.129. The van der Waals surface area contributed by atoms with Crippen LogP contribution < -0.4 is 5.73 Å². The number of carbonyl (C=O) groups is 1. The van der Waals surface area contributed by atoms with Gasteiger partial charge >= 0.3 is 0 Å². The van der Waals surface area contributed by atoms with E-state index in [1.165, 1.54) is 0 Å². The number of rotatable bonds is 5. The van der Waals surface area contributed by atoms with E-state index in [1.807, 2.05) is 35.2 Å². The molecule has 1 aliphatic rings. The minimum atomic E-state index is 0.189. The fraction of sp³-hybridized carbons (Fsp3) is 0.412. The number of amides is 1. The first-order valence-electron chi connectivity index (χ1n) is 7.83. The number of likely N-dealkylation sites (tertiary alicyclic amines) is 1. The summed E-state index contributed by atoms with van der Waals surface area (Å²) in [5.74, 6) is 1.96. The predicted octanol–water partition coefficient (Wildman–Crippen LogP) is 2.52. The molecular formula is C17H21N3O2S. The Hall–Kier alpha value is -1.79. The Morgan fingerprint density at radius 3 is 2.78 bits per heavy atom. The summed E-state index contributed by atoms with van der Waals surface area (Å²) in [6, 6.07) is 10.1. The van der Waals surface area contributed by atoms with Gasteiger partial charge in [-0.3, -0.25) is 4.79 Å². The zero-order valence-electron chi connectivity index (χ0n) is 13.0. The average Bonchev–Trinajstić information content (AvgIpc) is 3.05. The van der Waals surface area contributed by atoms with Gasteiger partial charge in [-0.15, -0.1) is 11.8 Å². The van der Waals surface area contributed by atoms with Gasteiger partial charge in [-0.2, -0.15) is 0 Å². The van der Waals surface area contributed by atoms with Crippen LogP contribution in [0.15, 0.2) is 41.0 Å². The summed E-state index contributed by atoms with van der Waals surface area (Å²) in [7, 11) is 0. The van der Waals surface area contributed by atoms with Crippen LogP contribution in [0, 0.1) is 0 Å². The summed E-state index contributed by atoms with van der Waals surface area (Å²) < 4.78 is 5.50. The van der Waals surface area contributed by atoms with Crippen molar-refractivity contribution in [2.45, 2.75) is 24.6 Å². The van der Waals surface area contributed by atoms with Crippen molar-refractivity contribution in [3.8, 4) is 11.5 Å². The fourth-order valence-corrected chi connectivity index (χ4v) is 3.37. The number of piperidine rings is 1. The van der Waals surface area contributed by atoms with E-state index in [-0.39, 0.29) is 11.9 Å². The zero-order chi connectivity index (χ0) is 16.1. The van der Waals surface area contributed by atoms with Gasteiger partial charge in [0, 0.05) is 30.4 Å². The molecular weight excluding hydrogens is 310 g/mol. The highest BCUT2D eigenvalue weighted by Crippen LogP contribution is 2.20. The van der Waals surface area contributed by atoms with Crippen molar-refractivity contribution in [3.05, 3.63) is 42.3 Å². The number of hydrogen-bond acceptors (Lipinski definition) is 5. The van der Waals surface area contributed by atoms with Crippen LogP contribution in [0.4, 0.5) is 0 Å². The number of aromatic nitrogens is 1. The number of oxazole rings is 1. The number of nitrogens with zero attached hydrogens (tertiary/aromatic N) is 2. The molecule has 1 aromatic carbocycles. The Bertz CT molecular complexity index is 636. The summed E-state index contributed by atoms with van der Waals surface area (Å²) in [4.78, 5) is 18.5. The summed E-state index contributed by atoms with van der Waals surface area (Å²) in [6.07, 6.45) is 3.47. The van der Waals surface area contributed by atoms with Crippen molar-refractivity contribution in [2.75, 3.05) is 18.8 Å². The van der Waals surface area contributed by atoms with Gasteiger partial charge in [0.05, 0.1) is 11.4 Å². The lowest BCUT2D eigenvalue weighted by Gasteiger charge is -2.30. The molecule has 3 rings (SSSR count). The number of thioether (sulfide) groups is 1. The smallest absolute Gasteiger partial charge is 0.232 e. The third-order valence-corrected chi connectivity index (χ3v) is 4.89. The summed E-state index contributed by atoms with van der Waals surface area (Å²) in [5, 5.41) is 0. The van der Waals surface area contributed by atoms with Crippen molar-refractivity contribution < 1.29 is 9.21 Å². The second kappa shape index (κ2) is 7.66. The minimum Gasteiger partial charge on any atom is -0.444 e. The molecule has 6 heteroatoms. The quantitative estimate of drug-likeness (QED) is 0.911. The van der Waals surface area contributed by atoms with Gasteiger partial charge in [0.25, 0.3) is 0 Å². The maximum atomic E-state index is 12.1. The summed E-state index contributed by atoms with van der Waals surface area (Å²) in [6.45, 7) is 1.56. The summed E-state index contributed by atoms with van der Waals surface area (Å²) in [5.41, 5.74) is 7.69. The molecule has 0 radical (unpaired) electrons. The van der Waals surface area contributed by atoms with E-state index < -0.39 is 0 Å². The van der Waals surface area contributed by atoms with Gasteiger partial charge < -0.3 is 15.1 Å². The highest BCUT2D eigenvalue weighted by Gasteiger charge is 2.20. The second-order valence-corrected chi connectivity index (χ2v) is 6.71. The Kier molecular flexibility index (Phi) is 5.35. The lowest BCUT2D eigenvalue weighted by Crippen LogP contribution is -2.43. The monoisotopic (exact) mass is 331 g/mol. The predicted molar refractivity (Wildman–Crippen MR) is 91.9 cm³/mol. The summed E-state index contributed by atoms with van der Waals surface area (Å²) >= 11 is 1.57. The SMILES string of the molecule is NC1CCN(C(=O)CSCc2coc(-c3ccccc3)n2)CC1. The largest absolute Gasteiger partial charge is 0.444 e. The van der Waals surface area contributed by atoms with Gasteiger partial charge in [0.1, 0.15) is 6.26 Å². The van der Waals surface area contributed by atoms with Crippen LogP contribution in [0.25, 0.3) is 11.5 Å². The van der Waals surface area contributed by atoms with Crippen LogP contribution in [-0.2, 0) is 10.5 Å². The fourth-order valence-electron chi connectivity index (χ4n) is 2.57. The first kappa shape index (κ1) is 16.1. The van der Waals surface area contributed by atoms with E-state index in [0.717, 1.165) is 37.2 Å². The van der Waals surface area contributed by atoms with Crippen molar-refractivity contribution >= 4 is 17.7 Å². The molecule has 0 bridgehead atoms. The molecule has 2 heterocycles. The molecule has 122 valence electrons. The molecule has 1 fully saturated rings. The van der Waals surface area contributed by atoms with E-state index in [4.69, 9.17) is 10.2 Å². The third kappa shape index (κ3) is 4.36. The van der Waals surface area contributed by atoms with Crippen molar-refractivity contribution in [1.82, 2.24) is 9.88 Å². The Morgan fingerprint density at radius 2 is 2.04 bits per heavy atom. The van der Waals surface area contributed by atoms with Gasteiger partial charge in [-0.05, 0) is 25.0 Å². The molecule has 0 saturated carbocycles. The van der Waals surface area contributed by atoms with Crippen LogP contribution in [0.3, 0.4) is 0 Å². The zero-order valence-corrected chi connectivity index (χ0v) is 13.8. The highest BCUT2D eigenvalue weighted by atomic mass is 32.2. The molecule has 1 aliphatic heterocycles. The molecule has 1 saturated heterocycles. The normalized spacial score (nSPS) is 15.8. The number of nitrogens with two attached hydrogens (primary N) is 1. The van der Waals surface area contributed by atoms with E-state index in [2.05, 4.69) is 4.98 Å². The Labute approximate surface area is 140 Å². The number of benzene rings is 1. The standard InChI is InChI=1S/C17H21N3O2S/c18-14-6-8-20(9-7-14)16(21)12-23-11-15-10-22-17(19-15)13-4-2-1-3-5-13/h1-5,10,14H,6-9,11-12,18H2. The Morgan fingerprint density at radius 1 is 1.30 bits per heavy atom. The van der Waals surface area contributed by atoms with E-state index >= 15 is 0 Å². The van der Waals surface area contributed by atoms with Crippen molar-refractivity contribution in [2.24, 2.45) is 5.73 Å². The first-order chi connectivity index (χ1) is 11.2. The molecule has 0 atom stereocenters. The second-order valence-electron chi connectivity index (χ2n) is 5.72. The minimum absolute atomic E-state index is 0.189. The molecule has 1 aromatic heterocycles. The maximum absolute atomic E-state index is 12.1. The lowest BCUT2D eigenvalue weighted by atomic mass is 10.1. The average molecular weight is 331 g/mol. The number of hydrogen-bond donors (Lipinski definition) is 1. The van der Waals surface area contributed by atoms with Gasteiger partial charge in [-0.1, -0.05) is 18.2 Å². The molecule has 1 amide bonds. The molecule has 0 aliphatic carbocycles. The Balaban J connectivity index is 1.46. The van der Waals surface area contributed by atoms with Gasteiger partial charge in [0.15, 0.2) is 0 Å².